The molecule has 0 unspecified atom stereocenters. The predicted octanol–water partition coefficient (Wildman–Crippen LogP) is 3.61. The lowest BCUT2D eigenvalue weighted by Crippen LogP contribution is -2.26. The normalized spacial score (nSPS) is 12.5. The second kappa shape index (κ2) is 8.31. The van der Waals surface area contributed by atoms with E-state index in [1.165, 1.54) is 4.57 Å². The Kier molecular flexibility index (Phi) is 5.59. The van der Waals surface area contributed by atoms with Gasteiger partial charge in [-0.15, -0.1) is 0 Å². The minimum Gasteiger partial charge on any atom is -0.454 e. The van der Waals surface area contributed by atoms with Crippen LogP contribution >= 0.6 is 12.2 Å². The highest BCUT2D eigenvalue weighted by molar-refractivity contribution is 7.71. The van der Waals surface area contributed by atoms with Gasteiger partial charge in [-0.25, -0.2) is 0 Å². The lowest BCUT2D eigenvalue weighted by atomic mass is 10.1. The second-order valence-corrected chi connectivity index (χ2v) is 8.09. The summed E-state index contributed by atoms with van der Waals surface area (Å²) < 4.78 is 12.5. The van der Waals surface area contributed by atoms with Gasteiger partial charge in [0, 0.05) is 12.1 Å². The minimum atomic E-state index is -0.210. The largest absolute Gasteiger partial charge is 0.454 e. The van der Waals surface area contributed by atoms with Gasteiger partial charge < -0.3 is 19.8 Å². The molecule has 7 nitrogen and oxygen atoms in total. The van der Waals surface area contributed by atoms with E-state index in [-0.39, 0.29) is 18.3 Å². The van der Waals surface area contributed by atoms with Gasteiger partial charge in [0.2, 0.25) is 6.79 Å². The first-order chi connectivity index (χ1) is 14.4. The van der Waals surface area contributed by atoms with Gasteiger partial charge in [0.15, 0.2) is 16.3 Å². The van der Waals surface area contributed by atoms with E-state index in [0.29, 0.717) is 51.7 Å². The molecular weight excluding hydrogens is 402 g/mol. The Bertz CT molecular complexity index is 1230. The second-order valence-electron chi connectivity index (χ2n) is 7.71. The average molecular weight is 426 g/mol. The highest BCUT2D eigenvalue weighted by Crippen LogP contribution is 2.32. The molecule has 0 fully saturated rings. The number of aromatic amines is 1. The SMILES string of the molecule is CC(C)CCNC(=O)c1ccc2c(=O)n(Cc3ccc4c(c3)OCO4)c(=S)[nH]c2c1. The van der Waals surface area contributed by atoms with E-state index in [9.17, 15) is 9.59 Å². The molecule has 4 rings (SSSR count). The molecule has 3 aromatic rings. The van der Waals surface area contributed by atoms with E-state index in [4.69, 9.17) is 21.7 Å². The summed E-state index contributed by atoms with van der Waals surface area (Å²) in [5, 5.41) is 3.38. The summed E-state index contributed by atoms with van der Waals surface area (Å²) >= 11 is 5.42. The molecule has 0 saturated carbocycles. The highest BCUT2D eigenvalue weighted by Gasteiger charge is 2.15. The lowest BCUT2D eigenvalue weighted by molar-refractivity contribution is 0.0952. The van der Waals surface area contributed by atoms with Gasteiger partial charge in [0.25, 0.3) is 11.5 Å². The summed E-state index contributed by atoms with van der Waals surface area (Å²) in [5.74, 6) is 1.70. The fourth-order valence-electron chi connectivity index (χ4n) is 3.34. The van der Waals surface area contributed by atoms with Crippen LogP contribution in [0, 0.1) is 10.7 Å². The number of aromatic nitrogens is 2. The first kappa shape index (κ1) is 20.2. The van der Waals surface area contributed by atoms with E-state index in [0.717, 1.165) is 12.0 Å². The molecule has 2 N–H and O–H groups in total. The Morgan fingerprint density at radius 1 is 1.20 bits per heavy atom. The fourth-order valence-corrected chi connectivity index (χ4v) is 3.60. The van der Waals surface area contributed by atoms with Crippen LogP contribution in [0.25, 0.3) is 10.9 Å². The third-order valence-corrected chi connectivity index (χ3v) is 5.35. The number of nitrogens with one attached hydrogen (secondary N) is 2. The van der Waals surface area contributed by atoms with Crippen molar-refractivity contribution in [2.75, 3.05) is 13.3 Å². The average Bonchev–Trinajstić information content (AvgIpc) is 3.18. The van der Waals surface area contributed by atoms with E-state index in [1.54, 1.807) is 18.2 Å². The molecule has 0 saturated heterocycles. The molecule has 30 heavy (non-hydrogen) atoms. The van der Waals surface area contributed by atoms with Crippen molar-refractivity contribution in [1.82, 2.24) is 14.9 Å². The van der Waals surface area contributed by atoms with Gasteiger partial charge in [-0.1, -0.05) is 19.9 Å². The van der Waals surface area contributed by atoms with Crippen LogP contribution in [0.3, 0.4) is 0 Å². The Labute approximate surface area is 178 Å². The molecular formula is C22H23N3O4S. The van der Waals surface area contributed by atoms with Crippen LogP contribution in [-0.2, 0) is 6.54 Å². The number of hydrogen-bond donors (Lipinski definition) is 2. The van der Waals surface area contributed by atoms with E-state index in [2.05, 4.69) is 24.1 Å². The topological polar surface area (TPSA) is 85.3 Å². The highest BCUT2D eigenvalue weighted by atomic mass is 32.1. The van der Waals surface area contributed by atoms with Gasteiger partial charge in [-0.3, -0.25) is 14.2 Å². The molecule has 0 radical (unpaired) electrons. The number of amides is 1. The van der Waals surface area contributed by atoms with Crippen molar-refractivity contribution in [1.29, 1.82) is 0 Å². The fraction of sp³-hybridized carbons (Fsp3) is 0.318. The number of nitrogens with zero attached hydrogens (tertiary/aromatic N) is 1. The standard InChI is InChI=1S/C22H23N3O4S/c1-13(2)7-8-23-20(26)15-4-5-16-17(10-15)24-22(30)25(21(16)27)11-14-3-6-18-19(9-14)29-12-28-18/h3-6,9-10,13H,7-8,11-12H2,1-2H3,(H,23,26)(H,24,30). The van der Waals surface area contributed by atoms with Crippen LogP contribution in [0.15, 0.2) is 41.2 Å². The van der Waals surface area contributed by atoms with Gasteiger partial charge in [-0.05, 0) is 60.5 Å². The quantitative estimate of drug-likeness (QED) is 0.590. The van der Waals surface area contributed by atoms with Crippen LogP contribution in [0.4, 0.5) is 0 Å². The van der Waals surface area contributed by atoms with E-state index >= 15 is 0 Å². The first-order valence-electron chi connectivity index (χ1n) is 9.86. The van der Waals surface area contributed by atoms with Crippen LogP contribution in [0.1, 0.15) is 36.2 Å². The zero-order valence-corrected chi connectivity index (χ0v) is 17.7. The predicted molar refractivity (Wildman–Crippen MR) is 117 cm³/mol. The van der Waals surface area contributed by atoms with Gasteiger partial charge in [0.05, 0.1) is 17.4 Å². The number of rotatable bonds is 6. The van der Waals surface area contributed by atoms with E-state index < -0.39 is 0 Å². The maximum atomic E-state index is 13.0. The first-order valence-corrected chi connectivity index (χ1v) is 10.3. The molecule has 1 aliphatic rings. The number of carbonyl (C=O) groups is 1. The van der Waals surface area contributed by atoms with Crippen LogP contribution in [-0.4, -0.2) is 28.8 Å². The molecule has 0 aliphatic carbocycles. The Morgan fingerprint density at radius 3 is 2.80 bits per heavy atom. The van der Waals surface area contributed by atoms with Gasteiger partial charge in [-0.2, -0.15) is 0 Å². The Balaban J connectivity index is 1.61. The third-order valence-electron chi connectivity index (χ3n) is 5.03. The van der Waals surface area contributed by atoms with E-state index in [1.807, 2.05) is 18.2 Å². The zero-order chi connectivity index (χ0) is 21.3. The minimum absolute atomic E-state index is 0.165. The summed E-state index contributed by atoms with van der Waals surface area (Å²) in [5.41, 5.74) is 1.70. The van der Waals surface area contributed by atoms with Gasteiger partial charge >= 0.3 is 0 Å². The summed E-state index contributed by atoms with van der Waals surface area (Å²) in [6.45, 7) is 5.33. The molecule has 0 spiro atoms. The molecule has 2 aromatic carbocycles. The molecule has 0 bridgehead atoms. The Hall–Kier alpha value is -3.13. The summed E-state index contributed by atoms with van der Waals surface area (Å²) in [4.78, 5) is 28.5. The van der Waals surface area contributed by atoms with Crippen LogP contribution < -0.4 is 20.3 Å². The van der Waals surface area contributed by atoms with Crippen molar-refractivity contribution in [2.24, 2.45) is 5.92 Å². The number of benzene rings is 2. The number of fused-ring (bicyclic) bond motifs is 2. The number of hydrogen-bond acceptors (Lipinski definition) is 5. The number of H-pyrrole nitrogens is 1. The van der Waals surface area contributed by atoms with Crippen molar-refractivity contribution >= 4 is 29.0 Å². The summed E-state index contributed by atoms with van der Waals surface area (Å²) in [6, 6.07) is 10.5. The summed E-state index contributed by atoms with van der Waals surface area (Å²) in [6.07, 6.45) is 0.909. The Morgan fingerprint density at radius 2 is 2.00 bits per heavy atom. The molecule has 2 heterocycles. The van der Waals surface area contributed by atoms with Crippen LogP contribution in [0.2, 0.25) is 0 Å². The molecule has 0 atom stereocenters. The smallest absolute Gasteiger partial charge is 0.262 e. The number of ether oxygens (including phenoxy) is 2. The maximum Gasteiger partial charge on any atom is 0.262 e. The van der Waals surface area contributed by atoms with Crippen LogP contribution in [0.5, 0.6) is 11.5 Å². The number of carbonyl (C=O) groups excluding carboxylic acids is 1. The van der Waals surface area contributed by atoms with Crippen molar-refractivity contribution in [2.45, 2.75) is 26.8 Å². The molecule has 1 amide bonds. The summed E-state index contributed by atoms with van der Waals surface area (Å²) in [7, 11) is 0. The van der Waals surface area contributed by atoms with Crippen molar-refractivity contribution in [3.05, 3.63) is 62.6 Å². The lowest BCUT2D eigenvalue weighted by Gasteiger charge is -2.10. The molecule has 156 valence electrons. The molecule has 8 heteroatoms. The molecule has 1 aromatic heterocycles. The maximum absolute atomic E-state index is 13.0. The third kappa shape index (κ3) is 4.09. The van der Waals surface area contributed by atoms with Crippen molar-refractivity contribution in [3.63, 3.8) is 0 Å². The van der Waals surface area contributed by atoms with Gasteiger partial charge in [0.1, 0.15) is 0 Å². The van der Waals surface area contributed by atoms with Crippen molar-refractivity contribution in [3.8, 4) is 11.5 Å². The zero-order valence-electron chi connectivity index (χ0n) is 16.9. The van der Waals surface area contributed by atoms with Crippen molar-refractivity contribution < 1.29 is 14.3 Å². The monoisotopic (exact) mass is 425 g/mol. The molecule has 1 aliphatic heterocycles.